The number of fused-ring (bicyclic) bond motifs is 2. The molecule has 41 heavy (non-hydrogen) atoms. The molecule has 11 heteroatoms. The molecule has 1 N–H and O–H groups in total. The highest BCUT2D eigenvalue weighted by molar-refractivity contribution is 14.1. The van der Waals surface area contributed by atoms with E-state index in [9.17, 15) is 14.4 Å². The molecule has 2 amide bonds. The molecule has 1 aromatic carbocycles. The number of carbonyl (C=O) groups excluding carboxylic acids is 3. The Morgan fingerprint density at radius 1 is 1.05 bits per heavy atom. The molecule has 0 heterocycles. The van der Waals surface area contributed by atoms with E-state index in [1.54, 1.807) is 0 Å². The van der Waals surface area contributed by atoms with E-state index < -0.39 is 35.0 Å². The fourth-order valence-electron chi connectivity index (χ4n) is 7.08. The lowest BCUT2D eigenvalue weighted by atomic mass is 9.75. The highest BCUT2D eigenvalue weighted by atomic mass is 127. The molecule has 0 radical (unpaired) electrons. The van der Waals surface area contributed by atoms with Crippen LogP contribution in [0.25, 0.3) is 0 Å². The first-order valence-corrected chi connectivity index (χ1v) is 16.0. The molecule has 4 atom stereocenters. The van der Waals surface area contributed by atoms with E-state index in [-0.39, 0.29) is 52.9 Å². The van der Waals surface area contributed by atoms with Gasteiger partial charge in [-0.3, -0.25) is 14.4 Å². The Hall–Kier alpha value is -2.18. The number of rotatable bonds is 10. The van der Waals surface area contributed by atoms with Crippen molar-refractivity contribution in [3.8, 4) is 11.5 Å². The minimum Gasteiger partial charge on any atom is -0.496 e. The number of methoxy groups -OCH3 is 2. The molecule has 8 nitrogen and oxygen atoms in total. The van der Waals surface area contributed by atoms with Gasteiger partial charge in [0.15, 0.2) is 11.6 Å². The Kier molecular flexibility index (Phi) is 8.74. The summed E-state index contributed by atoms with van der Waals surface area (Å²) in [6.07, 6.45) is 6.14. The number of amides is 2. The average Bonchev–Trinajstić information content (AvgIpc) is 3.44. The Bertz CT molecular complexity index is 1190. The van der Waals surface area contributed by atoms with E-state index in [0.717, 1.165) is 42.6 Å². The van der Waals surface area contributed by atoms with E-state index in [0.29, 0.717) is 30.8 Å². The van der Waals surface area contributed by atoms with E-state index in [1.165, 1.54) is 20.3 Å². The molecule has 0 aliphatic heterocycles. The van der Waals surface area contributed by atoms with Crippen LogP contribution in [0, 0.1) is 34.4 Å². The summed E-state index contributed by atoms with van der Waals surface area (Å²) in [6.45, 7) is 1.95. The lowest BCUT2D eigenvalue weighted by Gasteiger charge is -2.35. The number of ether oxygens (including phenoxy) is 3. The van der Waals surface area contributed by atoms with Crippen molar-refractivity contribution in [2.24, 2.45) is 28.6 Å². The SMILES string of the molecule is COc1cc(F)c(O[C@H]2CC[C@@](C)(C(=O)OC)CC2)cc1C(=O)N[C@@H]1[C@H]2CC[C@H](C2)[C@@H]1C(=O)N(F)CC1(CI)CC1. The van der Waals surface area contributed by atoms with Gasteiger partial charge >= 0.3 is 5.97 Å². The van der Waals surface area contributed by atoms with Crippen molar-refractivity contribution >= 4 is 40.4 Å². The maximum Gasteiger partial charge on any atom is 0.311 e. The molecule has 5 rings (SSSR count). The standard InChI is InChI=1S/C30H39F2IN2O6/c1-29(28(38)40-3)8-6-19(7-9-29)41-23-13-20(22(39-2)14-21(23)31)26(36)34-25-18-5-4-17(12-18)24(25)27(37)35(32)16-30(15-33)10-11-30/h13-14,17-19,24-25H,4-12,15-16H2,1-3H3,(H,34,36)/t17-,18+,19-,24+,25-,29+/m1/s1. The van der Waals surface area contributed by atoms with Crippen LogP contribution in [-0.4, -0.2) is 60.2 Å². The zero-order valence-electron chi connectivity index (χ0n) is 23.9. The van der Waals surface area contributed by atoms with Crippen LogP contribution in [0.15, 0.2) is 12.1 Å². The van der Waals surface area contributed by atoms with Gasteiger partial charge in [0.25, 0.3) is 11.8 Å². The number of esters is 1. The molecule has 4 saturated carbocycles. The summed E-state index contributed by atoms with van der Waals surface area (Å²) >= 11 is 2.25. The van der Waals surface area contributed by atoms with Crippen molar-refractivity contribution in [3.63, 3.8) is 0 Å². The third kappa shape index (κ3) is 6.01. The molecular weight excluding hydrogens is 649 g/mol. The van der Waals surface area contributed by atoms with Gasteiger partial charge in [-0.25, -0.2) is 4.39 Å². The van der Waals surface area contributed by atoms with Gasteiger partial charge in [0, 0.05) is 16.5 Å². The largest absolute Gasteiger partial charge is 0.496 e. The van der Waals surface area contributed by atoms with Gasteiger partial charge in [-0.05, 0) is 88.0 Å². The smallest absolute Gasteiger partial charge is 0.311 e. The average molecular weight is 689 g/mol. The number of nitrogens with zero attached hydrogens (tertiary/aromatic N) is 1. The topological polar surface area (TPSA) is 94.2 Å². The second-order valence-corrected chi connectivity index (χ2v) is 13.5. The van der Waals surface area contributed by atoms with Crippen molar-refractivity contribution in [2.45, 2.75) is 76.9 Å². The van der Waals surface area contributed by atoms with Gasteiger partial charge in [-0.1, -0.05) is 27.1 Å². The summed E-state index contributed by atoms with van der Waals surface area (Å²) in [5, 5.41) is 3.38. The second-order valence-electron chi connectivity index (χ2n) is 12.7. The zero-order chi connectivity index (χ0) is 29.5. The van der Waals surface area contributed by atoms with Crippen LogP contribution in [0.2, 0.25) is 0 Å². The molecule has 0 aromatic heterocycles. The molecule has 4 aliphatic rings. The number of nitrogens with one attached hydrogen (secondary N) is 1. The zero-order valence-corrected chi connectivity index (χ0v) is 26.0. The van der Waals surface area contributed by atoms with Gasteiger partial charge in [0.05, 0.1) is 43.8 Å². The molecule has 0 unspecified atom stereocenters. The van der Waals surface area contributed by atoms with E-state index in [1.807, 2.05) is 6.92 Å². The van der Waals surface area contributed by atoms with Crippen LogP contribution in [0.1, 0.15) is 75.1 Å². The molecule has 4 aliphatic carbocycles. The summed E-state index contributed by atoms with van der Waals surface area (Å²) in [6, 6.07) is 1.95. The predicted octanol–water partition coefficient (Wildman–Crippen LogP) is 5.41. The van der Waals surface area contributed by atoms with Crippen molar-refractivity contribution in [2.75, 3.05) is 25.2 Å². The van der Waals surface area contributed by atoms with Gasteiger partial charge in [-0.15, -0.1) is 0 Å². The number of carbonyl (C=O) groups is 3. The molecule has 2 bridgehead atoms. The van der Waals surface area contributed by atoms with Crippen molar-refractivity contribution in [1.82, 2.24) is 10.4 Å². The number of hydrogen-bond donors (Lipinski definition) is 1. The minimum absolute atomic E-state index is 0.0294. The summed E-state index contributed by atoms with van der Waals surface area (Å²) < 4.78 is 47.2. The summed E-state index contributed by atoms with van der Waals surface area (Å²) in [5.74, 6) is -2.54. The highest BCUT2D eigenvalue weighted by Crippen LogP contribution is 2.51. The van der Waals surface area contributed by atoms with E-state index in [2.05, 4.69) is 27.9 Å². The monoisotopic (exact) mass is 688 g/mol. The van der Waals surface area contributed by atoms with Crippen LogP contribution in [-0.2, 0) is 14.3 Å². The van der Waals surface area contributed by atoms with Gasteiger partial charge < -0.3 is 19.5 Å². The van der Waals surface area contributed by atoms with Crippen molar-refractivity contribution in [1.29, 1.82) is 0 Å². The van der Waals surface area contributed by atoms with E-state index in [4.69, 9.17) is 14.2 Å². The third-order valence-corrected chi connectivity index (χ3v) is 11.6. The van der Waals surface area contributed by atoms with Crippen LogP contribution in [0.5, 0.6) is 11.5 Å². The summed E-state index contributed by atoms with van der Waals surface area (Å²) in [7, 11) is 2.72. The van der Waals surface area contributed by atoms with Crippen LogP contribution < -0.4 is 14.8 Å². The fraction of sp³-hybridized carbons (Fsp3) is 0.700. The van der Waals surface area contributed by atoms with Gasteiger partial charge in [0.1, 0.15) is 5.75 Å². The second kappa shape index (κ2) is 11.8. The first-order valence-electron chi connectivity index (χ1n) is 14.5. The summed E-state index contributed by atoms with van der Waals surface area (Å²) in [5.41, 5.74) is -0.639. The normalized spacial score (nSPS) is 31.3. The maximum atomic E-state index is 15.1. The highest BCUT2D eigenvalue weighted by Gasteiger charge is 2.54. The molecule has 1 aromatic rings. The van der Waals surface area contributed by atoms with Crippen LogP contribution >= 0.6 is 22.6 Å². The number of alkyl halides is 1. The lowest BCUT2D eigenvalue weighted by Crippen LogP contribution is -2.50. The molecule has 226 valence electrons. The van der Waals surface area contributed by atoms with E-state index >= 15 is 8.87 Å². The number of halogens is 3. The fourth-order valence-corrected chi connectivity index (χ4v) is 8.08. The predicted molar refractivity (Wildman–Crippen MR) is 155 cm³/mol. The number of hydrogen-bond acceptors (Lipinski definition) is 6. The Balaban J connectivity index is 1.29. The Labute approximate surface area is 253 Å². The summed E-state index contributed by atoms with van der Waals surface area (Å²) in [4.78, 5) is 39.0. The first-order chi connectivity index (χ1) is 19.5. The molecule has 4 fully saturated rings. The van der Waals surface area contributed by atoms with Gasteiger partial charge in [0.2, 0.25) is 0 Å². The Morgan fingerprint density at radius 2 is 1.73 bits per heavy atom. The first kappa shape index (κ1) is 30.3. The van der Waals surface area contributed by atoms with Crippen molar-refractivity contribution < 1.29 is 37.5 Å². The molecule has 0 saturated heterocycles. The van der Waals surface area contributed by atoms with Gasteiger partial charge in [-0.2, -0.15) is 5.12 Å². The quantitative estimate of drug-likeness (QED) is 0.153. The lowest BCUT2D eigenvalue weighted by molar-refractivity contribution is -0.155. The Morgan fingerprint density at radius 3 is 2.34 bits per heavy atom. The van der Waals surface area contributed by atoms with Crippen molar-refractivity contribution in [3.05, 3.63) is 23.5 Å². The molecule has 0 spiro atoms. The maximum absolute atomic E-state index is 15.1. The molecular formula is C30H39F2IN2O6. The number of benzene rings is 1. The minimum atomic E-state index is -0.662. The van der Waals surface area contributed by atoms with Crippen LogP contribution in [0.4, 0.5) is 8.87 Å². The third-order valence-electron chi connectivity index (χ3n) is 9.96. The van der Waals surface area contributed by atoms with Crippen LogP contribution in [0.3, 0.4) is 0 Å².